The summed E-state index contributed by atoms with van der Waals surface area (Å²) < 4.78 is 0. The number of nitrogens with zero attached hydrogens (tertiary/aromatic N) is 1. The minimum Gasteiger partial charge on any atom is -0.411 e. The number of allylic oxidation sites excluding steroid dienone is 10. The maximum Gasteiger partial charge on any atom is 0.0439 e. The Labute approximate surface area is 180 Å². The molecule has 0 bridgehead atoms. The standard InChI is InChI=1S/C27H45NO/c1-23(2)13-9-16-26(5)19-10-17-24(3)14-7-8-15-25(4)18-11-20-27(6)21-12-22-28-29/h13-15,19-20,22,29H,7-12,16-18,21H2,1-6H3/b24-14+,25-15+,26-19+,27-20+,28-22+. The monoisotopic (exact) mass is 399 g/mol. The van der Waals surface area contributed by atoms with Gasteiger partial charge in [-0.15, -0.1) is 5.16 Å². The van der Waals surface area contributed by atoms with Crippen molar-refractivity contribution < 1.29 is 5.21 Å². The zero-order chi connectivity index (χ0) is 21.9. The molecule has 0 fully saturated rings. The van der Waals surface area contributed by atoms with E-state index in [1.807, 2.05) is 0 Å². The molecule has 2 heteroatoms. The van der Waals surface area contributed by atoms with E-state index in [1.165, 1.54) is 47.1 Å². The van der Waals surface area contributed by atoms with Crippen LogP contribution in [0.25, 0.3) is 0 Å². The minimum absolute atomic E-state index is 0.810. The van der Waals surface area contributed by atoms with Crippen molar-refractivity contribution in [3.63, 3.8) is 0 Å². The topological polar surface area (TPSA) is 32.6 Å². The third kappa shape index (κ3) is 19.3. The molecule has 0 heterocycles. The summed E-state index contributed by atoms with van der Waals surface area (Å²) in [4.78, 5) is 0. The van der Waals surface area contributed by atoms with E-state index in [0.717, 1.165) is 44.9 Å². The fourth-order valence-corrected chi connectivity index (χ4v) is 3.10. The van der Waals surface area contributed by atoms with Crippen molar-refractivity contribution in [2.24, 2.45) is 5.16 Å². The molecule has 164 valence electrons. The molecule has 0 radical (unpaired) electrons. The molecular formula is C27H45NO. The van der Waals surface area contributed by atoms with Gasteiger partial charge in [0.2, 0.25) is 0 Å². The Hall–Kier alpha value is -1.83. The van der Waals surface area contributed by atoms with Gasteiger partial charge in [0.1, 0.15) is 0 Å². The van der Waals surface area contributed by atoms with Gasteiger partial charge >= 0.3 is 0 Å². The minimum atomic E-state index is 0.810. The lowest BCUT2D eigenvalue weighted by molar-refractivity contribution is 0.320. The molecule has 0 saturated carbocycles. The number of rotatable bonds is 15. The molecule has 0 aliphatic carbocycles. The summed E-state index contributed by atoms with van der Waals surface area (Å²) in [7, 11) is 0. The smallest absolute Gasteiger partial charge is 0.0439 e. The van der Waals surface area contributed by atoms with Crippen LogP contribution in [0.5, 0.6) is 0 Å². The highest BCUT2D eigenvalue weighted by Gasteiger charge is 1.94. The molecule has 1 N–H and O–H groups in total. The fraction of sp³-hybridized carbons (Fsp3) is 0.593. The van der Waals surface area contributed by atoms with Crippen molar-refractivity contribution >= 4 is 6.21 Å². The normalized spacial score (nSPS) is 14.0. The molecule has 0 rings (SSSR count). The number of hydrogen-bond donors (Lipinski definition) is 1. The van der Waals surface area contributed by atoms with Crippen LogP contribution in [-0.2, 0) is 0 Å². The van der Waals surface area contributed by atoms with Crippen LogP contribution in [0.2, 0.25) is 0 Å². The Balaban J connectivity index is 4.02. The highest BCUT2D eigenvalue weighted by Crippen LogP contribution is 2.14. The Bertz CT molecular complexity index is 610. The molecule has 0 aromatic heterocycles. The fourth-order valence-electron chi connectivity index (χ4n) is 3.10. The van der Waals surface area contributed by atoms with Crippen LogP contribution in [-0.4, -0.2) is 11.4 Å². The summed E-state index contributed by atoms with van der Waals surface area (Å²) in [5.74, 6) is 0. The average molecular weight is 400 g/mol. The van der Waals surface area contributed by atoms with Crippen molar-refractivity contribution in [1.29, 1.82) is 0 Å². The van der Waals surface area contributed by atoms with Crippen molar-refractivity contribution in [3.05, 3.63) is 58.2 Å². The molecular weight excluding hydrogens is 354 g/mol. The molecule has 0 amide bonds. The van der Waals surface area contributed by atoms with Crippen LogP contribution >= 0.6 is 0 Å². The van der Waals surface area contributed by atoms with Gasteiger partial charge in [0.05, 0.1) is 0 Å². The van der Waals surface area contributed by atoms with Crippen LogP contribution in [0.4, 0.5) is 0 Å². The van der Waals surface area contributed by atoms with E-state index in [4.69, 9.17) is 5.21 Å². The summed E-state index contributed by atoms with van der Waals surface area (Å²) in [5.41, 5.74) is 7.29. The van der Waals surface area contributed by atoms with E-state index >= 15 is 0 Å². The SMILES string of the molecule is CC(C)=CCC/C(C)=C/CC/C(C)=C/CC/C=C(\C)CC/C=C(\C)CC/C=N/O. The van der Waals surface area contributed by atoms with E-state index in [-0.39, 0.29) is 0 Å². The quantitative estimate of drug-likeness (QED) is 0.0961. The van der Waals surface area contributed by atoms with Gasteiger partial charge in [-0.05, 0) is 106 Å². The molecule has 0 unspecified atom stereocenters. The Morgan fingerprint density at radius 2 is 0.862 bits per heavy atom. The van der Waals surface area contributed by atoms with Gasteiger partial charge in [0, 0.05) is 6.21 Å². The van der Waals surface area contributed by atoms with Gasteiger partial charge in [-0.2, -0.15) is 0 Å². The first-order chi connectivity index (χ1) is 13.8. The molecule has 29 heavy (non-hydrogen) atoms. The molecule has 0 aliphatic rings. The van der Waals surface area contributed by atoms with Crippen LogP contribution in [0.15, 0.2) is 63.4 Å². The first-order valence-corrected chi connectivity index (χ1v) is 11.3. The summed E-state index contributed by atoms with van der Waals surface area (Å²) >= 11 is 0. The Morgan fingerprint density at radius 3 is 1.24 bits per heavy atom. The van der Waals surface area contributed by atoms with E-state index in [0.29, 0.717) is 0 Å². The molecule has 0 aromatic carbocycles. The lowest BCUT2D eigenvalue weighted by Gasteiger charge is -2.02. The molecule has 0 spiro atoms. The number of oxime groups is 1. The van der Waals surface area contributed by atoms with E-state index in [9.17, 15) is 0 Å². The Morgan fingerprint density at radius 1 is 0.517 bits per heavy atom. The third-order valence-electron chi connectivity index (χ3n) is 5.06. The third-order valence-corrected chi connectivity index (χ3v) is 5.06. The van der Waals surface area contributed by atoms with Crippen LogP contribution < -0.4 is 0 Å². The summed E-state index contributed by atoms with van der Waals surface area (Å²) in [6, 6.07) is 0. The van der Waals surface area contributed by atoms with E-state index in [2.05, 4.69) is 77.1 Å². The zero-order valence-electron chi connectivity index (χ0n) is 19.9. The van der Waals surface area contributed by atoms with Crippen LogP contribution in [0, 0.1) is 0 Å². The van der Waals surface area contributed by atoms with Crippen molar-refractivity contribution in [1.82, 2.24) is 0 Å². The number of unbranched alkanes of at least 4 members (excludes halogenated alkanes) is 1. The molecule has 0 aliphatic heterocycles. The van der Waals surface area contributed by atoms with Crippen LogP contribution in [0.1, 0.15) is 106 Å². The summed E-state index contributed by atoms with van der Waals surface area (Å²) in [5, 5.41) is 11.4. The number of hydrogen-bond acceptors (Lipinski definition) is 2. The van der Waals surface area contributed by atoms with E-state index in [1.54, 1.807) is 6.21 Å². The largest absolute Gasteiger partial charge is 0.411 e. The van der Waals surface area contributed by atoms with Crippen LogP contribution in [0.3, 0.4) is 0 Å². The van der Waals surface area contributed by atoms with Crippen molar-refractivity contribution in [2.75, 3.05) is 0 Å². The molecule has 2 nitrogen and oxygen atoms in total. The first-order valence-electron chi connectivity index (χ1n) is 11.3. The first kappa shape index (κ1) is 27.2. The second-order valence-electron chi connectivity index (χ2n) is 8.51. The average Bonchev–Trinajstić information content (AvgIpc) is 2.65. The van der Waals surface area contributed by atoms with Gasteiger partial charge < -0.3 is 5.21 Å². The second kappa shape index (κ2) is 18.2. The maximum atomic E-state index is 8.41. The predicted octanol–water partition coefficient (Wildman–Crippen LogP) is 9.10. The lowest BCUT2D eigenvalue weighted by Crippen LogP contribution is -1.83. The summed E-state index contributed by atoms with van der Waals surface area (Å²) in [6.45, 7) is 13.2. The highest BCUT2D eigenvalue weighted by atomic mass is 16.4. The van der Waals surface area contributed by atoms with E-state index < -0.39 is 0 Å². The van der Waals surface area contributed by atoms with Gasteiger partial charge in [-0.1, -0.05) is 58.2 Å². The molecule has 0 aromatic rings. The highest BCUT2D eigenvalue weighted by molar-refractivity contribution is 5.56. The lowest BCUT2D eigenvalue weighted by atomic mass is 10.0. The van der Waals surface area contributed by atoms with Gasteiger partial charge in [0.15, 0.2) is 0 Å². The van der Waals surface area contributed by atoms with Crippen molar-refractivity contribution in [3.8, 4) is 0 Å². The Kier molecular flexibility index (Phi) is 17.1. The van der Waals surface area contributed by atoms with Gasteiger partial charge in [0.25, 0.3) is 0 Å². The summed E-state index contributed by atoms with van der Waals surface area (Å²) in [6.07, 6.45) is 24.4. The molecule has 0 atom stereocenters. The second-order valence-corrected chi connectivity index (χ2v) is 8.51. The van der Waals surface area contributed by atoms with Crippen molar-refractivity contribution in [2.45, 2.75) is 106 Å². The van der Waals surface area contributed by atoms with Gasteiger partial charge in [-0.3, -0.25) is 0 Å². The molecule has 0 saturated heterocycles. The predicted molar refractivity (Wildman–Crippen MR) is 131 cm³/mol. The zero-order valence-corrected chi connectivity index (χ0v) is 19.9. The maximum absolute atomic E-state index is 8.41. The van der Waals surface area contributed by atoms with Gasteiger partial charge in [-0.25, -0.2) is 0 Å².